The summed E-state index contributed by atoms with van der Waals surface area (Å²) in [6, 6.07) is 10.1. The maximum absolute atomic E-state index is 13.6. The van der Waals surface area contributed by atoms with E-state index in [1.54, 1.807) is 6.07 Å². The molecule has 0 radical (unpaired) electrons. The van der Waals surface area contributed by atoms with Crippen molar-refractivity contribution in [3.63, 3.8) is 0 Å². The summed E-state index contributed by atoms with van der Waals surface area (Å²) in [5.74, 6) is -0.790. The Labute approximate surface area is 128 Å². The van der Waals surface area contributed by atoms with Crippen LogP contribution in [0.15, 0.2) is 42.5 Å². The van der Waals surface area contributed by atoms with E-state index < -0.39 is 5.82 Å². The third-order valence-electron chi connectivity index (χ3n) is 3.26. The van der Waals surface area contributed by atoms with Crippen LogP contribution in [-0.2, 0) is 4.79 Å². The lowest BCUT2D eigenvalue weighted by atomic mass is 10.1. The molecule has 0 fully saturated rings. The Morgan fingerprint density at radius 1 is 1.19 bits per heavy atom. The van der Waals surface area contributed by atoms with E-state index in [2.05, 4.69) is 5.32 Å². The smallest absolute Gasteiger partial charge is 0.248 e. The molecule has 0 saturated carbocycles. The monoisotopic (exact) mass is 303 g/mol. The first kappa shape index (κ1) is 15.3. The van der Waals surface area contributed by atoms with Crippen LogP contribution in [0.4, 0.5) is 10.1 Å². The molecule has 2 aromatic carbocycles. The lowest BCUT2D eigenvalue weighted by Gasteiger charge is -2.08. The van der Waals surface area contributed by atoms with Crippen LogP contribution >= 0.6 is 11.6 Å². The number of nitrogens with one attached hydrogen (secondary N) is 1. The Morgan fingerprint density at radius 2 is 1.90 bits per heavy atom. The van der Waals surface area contributed by atoms with Gasteiger partial charge in [-0.1, -0.05) is 29.8 Å². The van der Waals surface area contributed by atoms with Crippen LogP contribution in [0.1, 0.15) is 16.7 Å². The molecule has 0 aliphatic heterocycles. The fourth-order valence-electron chi connectivity index (χ4n) is 1.89. The van der Waals surface area contributed by atoms with E-state index in [4.69, 9.17) is 11.6 Å². The zero-order valence-corrected chi connectivity index (χ0v) is 12.5. The zero-order valence-electron chi connectivity index (χ0n) is 11.8. The molecule has 0 heterocycles. The number of rotatable bonds is 3. The van der Waals surface area contributed by atoms with E-state index >= 15 is 0 Å². The summed E-state index contributed by atoms with van der Waals surface area (Å²) in [6.07, 6.45) is 2.64. The number of carbonyl (C=O) groups is 1. The van der Waals surface area contributed by atoms with Crippen molar-refractivity contribution >= 4 is 29.3 Å². The molecule has 0 atom stereocenters. The minimum absolute atomic E-state index is 0.204. The number of anilines is 1. The molecule has 0 aliphatic carbocycles. The van der Waals surface area contributed by atoms with Gasteiger partial charge in [-0.15, -0.1) is 0 Å². The summed E-state index contributed by atoms with van der Waals surface area (Å²) < 4.78 is 13.6. The van der Waals surface area contributed by atoms with Gasteiger partial charge < -0.3 is 5.32 Å². The van der Waals surface area contributed by atoms with Gasteiger partial charge in [-0.2, -0.15) is 0 Å². The molecule has 1 N–H and O–H groups in total. The molecular weight excluding hydrogens is 289 g/mol. The van der Waals surface area contributed by atoms with Crippen LogP contribution < -0.4 is 5.32 Å². The summed E-state index contributed by atoms with van der Waals surface area (Å²) in [4.78, 5) is 11.9. The Hall–Kier alpha value is -2.13. The molecule has 0 bridgehead atoms. The highest BCUT2D eigenvalue weighted by Crippen LogP contribution is 2.21. The largest absolute Gasteiger partial charge is 0.322 e. The van der Waals surface area contributed by atoms with Crippen molar-refractivity contribution in [1.82, 2.24) is 0 Å². The van der Waals surface area contributed by atoms with E-state index in [9.17, 15) is 9.18 Å². The molecule has 0 aromatic heterocycles. The molecular formula is C17H15ClFNO. The van der Waals surface area contributed by atoms with E-state index in [0.29, 0.717) is 0 Å². The number of benzene rings is 2. The van der Waals surface area contributed by atoms with Crippen molar-refractivity contribution in [3.8, 4) is 0 Å². The number of hydrogen-bond acceptors (Lipinski definition) is 1. The molecule has 108 valence electrons. The second-order valence-corrected chi connectivity index (χ2v) is 5.11. The van der Waals surface area contributed by atoms with Crippen LogP contribution in [0.25, 0.3) is 6.08 Å². The maximum Gasteiger partial charge on any atom is 0.248 e. The quantitative estimate of drug-likeness (QED) is 0.815. The van der Waals surface area contributed by atoms with Gasteiger partial charge in [0.05, 0.1) is 5.02 Å². The molecule has 0 saturated heterocycles. The number of amides is 1. The fourth-order valence-corrected chi connectivity index (χ4v) is 2.12. The van der Waals surface area contributed by atoms with Gasteiger partial charge in [-0.05, 0) is 49.2 Å². The van der Waals surface area contributed by atoms with Gasteiger partial charge >= 0.3 is 0 Å². The average molecular weight is 304 g/mol. The second-order valence-electron chi connectivity index (χ2n) is 4.71. The molecule has 2 nitrogen and oxygen atoms in total. The zero-order chi connectivity index (χ0) is 15.4. The van der Waals surface area contributed by atoms with Crippen molar-refractivity contribution in [2.45, 2.75) is 13.8 Å². The minimum Gasteiger partial charge on any atom is -0.322 e. The lowest BCUT2D eigenvalue weighted by Crippen LogP contribution is -2.09. The highest BCUT2D eigenvalue weighted by molar-refractivity contribution is 6.32. The lowest BCUT2D eigenvalue weighted by molar-refractivity contribution is -0.111. The molecule has 0 unspecified atom stereocenters. The number of halogens is 2. The number of hydrogen-bond donors (Lipinski definition) is 1. The van der Waals surface area contributed by atoms with E-state index in [1.807, 2.05) is 32.0 Å². The minimum atomic E-state index is -0.460. The van der Waals surface area contributed by atoms with Gasteiger partial charge in [0.1, 0.15) is 5.82 Å². The van der Waals surface area contributed by atoms with Gasteiger partial charge in [-0.3, -0.25) is 4.79 Å². The Kier molecular flexibility index (Phi) is 4.76. The topological polar surface area (TPSA) is 29.1 Å². The summed E-state index contributed by atoms with van der Waals surface area (Å²) >= 11 is 5.90. The first-order valence-corrected chi connectivity index (χ1v) is 6.86. The molecule has 0 spiro atoms. The molecule has 2 aromatic rings. The number of aryl methyl sites for hydroxylation is 1. The van der Waals surface area contributed by atoms with Crippen LogP contribution in [0, 0.1) is 19.7 Å². The van der Waals surface area contributed by atoms with Crippen molar-refractivity contribution in [2.24, 2.45) is 0 Å². The fraction of sp³-hybridized carbons (Fsp3) is 0.118. The first-order chi connectivity index (χ1) is 9.99. The van der Waals surface area contributed by atoms with Crippen molar-refractivity contribution in [2.75, 3.05) is 5.32 Å². The van der Waals surface area contributed by atoms with Crippen LogP contribution in [0.5, 0.6) is 0 Å². The molecule has 1 amide bonds. The standard InChI is InChI=1S/C17H15ClFNO/c1-11-5-3-8-16(12(11)2)20-17(21)10-9-13-14(18)6-4-7-15(13)19/h3-10H,1-2H3,(H,20,21)/b10-9+. The predicted octanol–water partition coefficient (Wildman–Crippen LogP) is 4.75. The van der Waals surface area contributed by atoms with E-state index in [-0.39, 0.29) is 16.5 Å². The van der Waals surface area contributed by atoms with Gasteiger partial charge in [-0.25, -0.2) is 4.39 Å². The highest BCUT2D eigenvalue weighted by atomic mass is 35.5. The van der Waals surface area contributed by atoms with Crippen molar-refractivity contribution < 1.29 is 9.18 Å². The Balaban J connectivity index is 2.15. The third-order valence-corrected chi connectivity index (χ3v) is 3.59. The van der Waals surface area contributed by atoms with Gasteiger partial charge in [0.25, 0.3) is 0 Å². The predicted molar refractivity (Wildman–Crippen MR) is 85.0 cm³/mol. The van der Waals surface area contributed by atoms with Gasteiger partial charge in [0, 0.05) is 17.3 Å². The van der Waals surface area contributed by atoms with Gasteiger partial charge in [0.2, 0.25) is 5.91 Å². The summed E-state index contributed by atoms with van der Waals surface area (Å²) in [5.41, 5.74) is 3.04. The molecule has 4 heteroatoms. The first-order valence-electron chi connectivity index (χ1n) is 6.48. The second kappa shape index (κ2) is 6.55. The summed E-state index contributed by atoms with van der Waals surface area (Å²) in [6.45, 7) is 3.91. The Bertz CT molecular complexity index is 690. The maximum atomic E-state index is 13.6. The molecule has 0 aliphatic rings. The SMILES string of the molecule is Cc1cccc(NC(=O)/C=C/c2c(F)cccc2Cl)c1C. The molecule has 21 heavy (non-hydrogen) atoms. The van der Waals surface area contributed by atoms with Crippen LogP contribution in [0.2, 0.25) is 5.02 Å². The van der Waals surface area contributed by atoms with Crippen LogP contribution in [0.3, 0.4) is 0 Å². The van der Waals surface area contributed by atoms with Gasteiger partial charge in [0.15, 0.2) is 0 Å². The van der Waals surface area contributed by atoms with Crippen molar-refractivity contribution in [3.05, 3.63) is 70.0 Å². The molecule has 2 rings (SSSR count). The highest BCUT2D eigenvalue weighted by Gasteiger charge is 2.06. The van der Waals surface area contributed by atoms with Crippen LogP contribution in [-0.4, -0.2) is 5.91 Å². The Morgan fingerprint density at radius 3 is 2.62 bits per heavy atom. The number of carbonyl (C=O) groups excluding carboxylic acids is 1. The van der Waals surface area contributed by atoms with Crippen molar-refractivity contribution in [1.29, 1.82) is 0 Å². The van der Waals surface area contributed by atoms with E-state index in [1.165, 1.54) is 24.3 Å². The van der Waals surface area contributed by atoms with E-state index in [0.717, 1.165) is 16.8 Å². The third kappa shape index (κ3) is 3.70. The summed E-state index contributed by atoms with van der Waals surface area (Å²) in [7, 11) is 0. The summed E-state index contributed by atoms with van der Waals surface area (Å²) in [5, 5.41) is 3.04. The average Bonchev–Trinajstić information content (AvgIpc) is 2.43. The normalized spacial score (nSPS) is 10.9.